The molecule has 0 fully saturated rings. The third kappa shape index (κ3) is 3.05. The number of aromatic hydroxyl groups is 1. The molecule has 0 aromatic heterocycles. The van der Waals surface area contributed by atoms with Gasteiger partial charge in [-0.05, 0) is 69.7 Å². The molecular formula is C11H11I2O2. The van der Waals surface area contributed by atoms with Gasteiger partial charge in [0.15, 0.2) is 0 Å². The maximum Gasteiger partial charge on any atom is 0.233 e. The zero-order chi connectivity index (χ0) is 11.4. The van der Waals surface area contributed by atoms with E-state index in [9.17, 15) is 9.90 Å². The minimum Gasteiger partial charge on any atom is -0.506 e. The first-order valence-electron chi connectivity index (χ1n) is 4.69. The first-order valence-corrected chi connectivity index (χ1v) is 6.85. The van der Waals surface area contributed by atoms with Crippen LogP contribution in [0.4, 0.5) is 0 Å². The van der Waals surface area contributed by atoms with Crippen molar-refractivity contribution in [3.8, 4) is 5.75 Å². The fourth-order valence-corrected chi connectivity index (χ4v) is 3.29. The molecule has 0 aliphatic rings. The van der Waals surface area contributed by atoms with E-state index in [1.807, 2.05) is 28.9 Å². The topological polar surface area (TPSA) is 37.3 Å². The van der Waals surface area contributed by atoms with Gasteiger partial charge in [0.1, 0.15) is 5.75 Å². The van der Waals surface area contributed by atoms with Gasteiger partial charge in [-0.1, -0.05) is 13.3 Å². The zero-order valence-electron chi connectivity index (χ0n) is 8.31. The van der Waals surface area contributed by atoms with Crippen LogP contribution in [0.2, 0.25) is 0 Å². The molecule has 1 radical (unpaired) electrons. The Morgan fingerprint density at radius 3 is 2.67 bits per heavy atom. The molecular weight excluding hydrogens is 418 g/mol. The van der Waals surface area contributed by atoms with Gasteiger partial charge < -0.3 is 5.11 Å². The number of hydrogen-bond acceptors (Lipinski definition) is 2. The average molecular weight is 429 g/mol. The molecule has 15 heavy (non-hydrogen) atoms. The fraction of sp³-hybridized carbons (Fsp3) is 0.364. The van der Waals surface area contributed by atoms with Gasteiger partial charge in [0.05, 0.1) is 7.14 Å². The Kier molecular flexibility index (Phi) is 5.31. The maximum absolute atomic E-state index is 10.8. The van der Waals surface area contributed by atoms with Crippen LogP contribution in [0.15, 0.2) is 6.07 Å². The van der Waals surface area contributed by atoms with Crippen LogP contribution in [0.25, 0.3) is 0 Å². The summed E-state index contributed by atoms with van der Waals surface area (Å²) >= 11 is 4.11. The standard InChI is InChI=1S/C11H11I2O2/c1-2-3-4-8-7(6-14)5-9(12)11(15)10(8)13/h5,15H,2-4H2,1H3. The SMILES string of the molecule is CCCCc1c([C]=O)cc(I)c(O)c1I. The molecule has 1 rings (SSSR count). The number of benzene rings is 1. The van der Waals surface area contributed by atoms with E-state index in [4.69, 9.17) is 0 Å². The zero-order valence-corrected chi connectivity index (χ0v) is 12.6. The first-order chi connectivity index (χ1) is 7.11. The summed E-state index contributed by atoms with van der Waals surface area (Å²) in [6.07, 6.45) is 4.86. The van der Waals surface area contributed by atoms with Gasteiger partial charge in [0, 0.05) is 5.56 Å². The molecule has 0 aliphatic heterocycles. The third-order valence-electron chi connectivity index (χ3n) is 2.19. The Labute approximate surface area is 117 Å². The van der Waals surface area contributed by atoms with Crippen LogP contribution in [0.3, 0.4) is 0 Å². The van der Waals surface area contributed by atoms with Gasteiger partial charge >= 0.3 is 0 Å². The number of halogens is 2. The second-order valence-electron chi connectivity index (χ2n) is 3.25. The largest absolute Gasteiger partial charge is 0.506 e. The van der Waals surface area contributed by atoms with Gasteiger partial charge in [-0.15, -0.1) is 0 Å². The summed E-state index contributed by atoms with van der Waals surface area (Å²) in [5.41, 5.74) is 1.50. The summed E-state index contributed by atoms with van der Waals surface area (Å²) in [6, 6.07) is 1.69. The van der Waals surface area contributed by atoms with Crippen LogP contribution in [-0.2, 0) is 11.2 Å². The Hall–Kier alpha value is 0.150. The second kappa shape index (κ2) is 6.03. The molecule has 2 nitrogen and oxygen atoms in total. The van der Waals surface area contributed by atoms with E-state index in [2.05, 4.69) is 29.5 Å². The fourth-order valence-electron chi connectivity index (χ4n) is 1.34. The Bertz CT molecular complexity index is 375. The number of rotatable bonds is 4. The number of phenolic OH excluding ortho intramolecular Hbond substituents is 1. The molecule has 0 spiro atoms. The van der Waals surface area contributed by atoms with E-state index in [0.717, 1.165) is 28.4 Å². The van der Waals surface area contributed by atoms with Crippen LogP contribution in [0.1, 0.15) is 30.9 Å². The summed E-state index contributed by atoms with van der Waals surface area (Å²) in [5.74, 6) is 0.279. The lowest BCUT2D eigenvalue weighted by Crippen LogP contribution is -1.99. The predicted octanol–water partition coefficient (Wildman–Crippen LogP) is 3.40. The van der Waals surface area contributed by atoms with Gasteiger partial charge in [-0.3, -0.25) is 4.79 Å². The number of unbranched alkanes of at least 4 members (excludes halogenated alkanes) is 1. The maximum atomic E-state index is 10.8. The molecule has 0 unspecified atom stereocenters. The normalized spacial score (nSPS) is 10.3. The number of hydrogen-bond donors (Lipinski definition) is 1. The van der Waals surface area contributed by atoms with Crippen LogP contribution in [0, 0.1) is 7.14 Å². The van der Waals surface area contributed by atoms with Gasteiger partial charge in [0.2, 0.25) is 6.29 Å². The summed E-state index contributed by atoms with van der Waals surface area (Å²) in [4.78, 5) is 10.8. The molecule has 0 amide bonds. The summed E-state index contributed by atoms with van der Waals surface area (Å²) < 4.78 is 1.49. The van der Waals surface area contributed by atoms with Gasteiger partial charge in [0.25, 0.3) is 0 Å². The van der Waals surface area contributed by atoms with E-state index in [1.165, 1.54) is 0 Å². The average Bonchev–Trinajstić information content (AvgIpc) is 2.24. The Morgan fingerprint density at radius 2 is 2.13 bits per heavy atom. The molecule has 81 valence electrons. The van der Waals surface area contributed by atoms with Gasteiger partial charge in [-0.2, -0.15) is 0 Å². The van der Waals surface area contributed by atoms with Crippen molar-refractivity contribution in [3.05, 3.63) is 24.3 Å². The van der Waals surface area contributed by atoms with Crippen LogP contribution >= 0.6 is 45.2 Å². The van der Waals surface area contributed by atoms with Crippen molar-refractivity contribution in [1.82, 2.24) is 0 Å². The lowest BCUT2D eigenvalue weighted by atomic mass is 10.0. The Morgan fingerprint density at radius 1 is 1.47 bits per heavy atom. The molecule has 0 saturated carbocycles. The van der Waals surface area contributed by atoms with E-state index >= 15 is 0 Å². The van der Waals surface area contributed by atoms with Crippen molar-refractivity contribution < 1.29 is 9.90 Å². The van der Waals surface area contributed by atoms with Crippen molar-refractivity contribution in [2.24, 2.45) is 0 Å². The highest BCUT2D eigenvalue weighted by atomic mass is 127. The van der Waals surface area contributed by atoms with Crippen LogP contribution in [-0.4, -0.2) is 11.4 Å². The predicted molar refractivity (Wildman–Crippen MR) is 76.9 cm³/mol. The molecule has 1 aromatic carbocycles. The van der Waals surface area contributed by atoms with Gasteiger partial charge in [-0.25, -0.2) is 0 Å². The quantitative estimate of drug-likeness (QED) is 0.746. The monoisotopic (exact) mass is 429 g/mol. The molecule has 0 saturated heterocycles. The van der Waals surface area contributed by atoms with E-state index in [1.54, 1.807) is 6.07 Å². The summed E-state index contributed by atoms with van der Waals surface area (Å²) in [6.45, 7) is 2.10. The van der Waals surface area contributed by atoms with Crippen LogP contribution < -0.4 is 0 Å². The smallest absolute Gasteiger partial charge is 0.233 e. The highest BCUT2D eigenvalue weighted by Crippen LogP contribution is 2.31. The lowest BCUT2D eigenvalue weighted by Gasteiger charge is -2.10. The second-order valence-corrected chi connectivity index (χ2v) is 5.49. The summed E-state index contributed by atoms with van der Waals surface area (Å²) in [5, 5.41) is 9.76. The van der Waals surface area contributed by atoms with E-state index in [0.29, 0.717) is 9.13 Å². The molecule has 0 aliphatic carbocycles. The van der Waals surface area contributed by atoms with E-state index in [-0.39, 0.29) is 5.75 Å². The third-order valence-corrected chi connectivity index (χ3v) is 4.17. The van der Waals surface area contributed by atoms with Crippen molar-refractivity contribution >= 4 is 51.5 Å². The minimum atomic E-state index is 0.279. The molecule has 4 heteroatoms. The van der Waals surface area contributed by atoms with Crippen molar-refractivity contribution in [2.75, 3.05) is 0 Å². The molecule has 1 aromatic rings. The van der Waals surface area contributed by atoms with E-state index < -0.39 is 0 Å². The minimum absolute atomic E-state index is 0.279. The first kappa shape index (κ1) is 13.2. The summed E-state index contributed by atoms with van der Waals surface area (Å²) in [7, 11) is 0. The Balaban J connectivity index is 3.21. The number of phenols is 1. The molecule has 1 N–H and O–H groups in total. The van der Waals surface area contributed by atoms with Crippen molar-refractivity contribution in [2.45, 2.75) is 26.2 Å². The van der Waals surface area contributed by atoms with Crippen molar-refractivity contribution in [3.63, 3.8) is 0 Å². The van der Waals surface area contributed by atoms with Crippen molar-refractivity contribution in [1.29, 1.82) is 0 Å². The van der Waals surface area contributed by atoms with Crippen LogP contribution in [0.5, 0.6) is 5.75 Å². The number of carbonyl (C=O) groups excluding carboxylic acids is 1. The highest BCUT2D eigenvalue weighted by molar-refractivity contribution is 14.1. The lowest BCUT2D eigenvalue weighted by molar-refractivity contribution is 0.466. The molecule has 0 atom stereocenters. The highest BCUT2D eigenvalue weighted by Gasteiger charge is 2.14. The molecule has 0 heterocycles. The molecule has 0 bridgehead atoms.